The topological polar surface area (TPSA) is 99.8 Å². The van der Waals surface area contributed by atoms with Crippen LogP contribution in [0.4, 0.5) is 5.69 Å². The van der Waals surface area contributed by atoms with Crippen LogP contribution in [0.15, 0.2) is 49.3 Å². The second kappa shape index (κ2) is 7.18. The molecule has 0 bridgehead atoms. The van der Waals surface area contributed by atoms with Gasteiger partial charge in [0, 0.05) is 23.5 Å². The molecule has 132 valence electrons. The van der Waals surface area contributed by atoms with Crippen molar-refractivity contribution in [2.45, 2.75) is 19.9 Å². The summed E-state index contributed by atoms with van der Waals surface area (Å²) in [4.78, 5) is 35.5. The van der Waals surface area contributed by atoms with E-state index in [-0.39, 0.29) is 17.9 Å². The summed E-state index contributed by atoms with van der Waals surface area (Å²) in [7, 11) is 0. The van der Waals surface area contributed by atoms with Gasteiger partial charge in [0.25, 0.3) is 5.91 Å². The van der Waals surface area contributed by atoms with Crippen molar-refractivity contribution in [3.05, 3.63) is 54.9 Å². The molecule has 0 atom stereocenters. The first-order valence-corrected chi connectivity index (χ1v) is 8.16. The highest BCUT2D eigenvalue weighted by atomic mass is 16.2. The van der Waals surface area contributed by atoms with Crippen LogP contribution in [-0.2, 0) is 4.79 Å². The molecule has 1 aromatic carbocycles. The number of anilines is 1. The third kappa shape index (κ3) is 3.61. The van der Waals surface area contributed by atoms with Crippen molar-refractivity contribution >= 4 is 28.7 Å². The molecule has 3 aromatic rings. The fourth-order valence-electron chi connectivity index (χ4n) is 2.46. The van der Waals surface area contributed by atoms with Crippen molar-refractivity contribution in [3.63, 3.8) is 0 Å². The number of carbonyl (C=O) groups excluding carboxylic acids is 2. The molecule has 7 heteroatoms. The largest absolute Gasteiger partial charge is 0.350 e. The number of aromatic nitrogens is 3. The quantitative estimate of drug-likeness (QED) is 0.617. The fraction of sp³-hybridized carbons (Fsp3) is 0.158. The van der Waals surface area contributed by atoms with Gasteiger partial charge in [-0.05, 0) is 32.1 Å². The molecule has 2 heterocycles. The monoisotopic (exact) mass is 349 g/mol. The summed E-state index contributed by atoms with van der Waals surface area (Å²) in [6, 6.07) is 7.23. The minimum Gasteiger partial charge on any atom is -0.350 e. The molecule has 0 spiro atoms. The summed E-state index contributed by atoms with van der Waals surface area (Å²) in [5, 5.41) is 5.54. The molecule has 0 radical (unpaired) electrons. The van der Waals surface area contributed by atoms with E-state index in [0.29, 0.717) is 28.1 Å². The van der Waals surface area contributed by atoms with E-state index < -0.39 is 0 Å². The molecule has 26 heavy (non-hydrogen) atoms. The zero-order valence-corrected chi connectivity index (χ0v) is 14.5. The van der Waals surface area contributed by atoms with Gasteiger partial charge in [0.05, 0.1) is 17.5 Å². The number of nitrogens with zero attached hydrogens (tertiary/aromatic N) is 2. The number of aromatic amines is 1. The van der Waals surface area contributed by atoms with Crippen molar-refractivity contribution < 1.29 is 9.59 Å². The normalized spacial score (nSPS) is 10.7. The van der Waals surface area contributed by atoms with Gasteiger partial charge in [0.2, 0.25) is 5.91 Å². The highest BCUT2D eigenvalue weighted by Crippen LogP contribution is 2.22. The second-order valence-electron chi connectivity index (χ2n) is 6.05. The number of hydrogen-bond donors (Lipinski definition) is 3. The summed E-state index contributed by atoms with van der Waals surface area (Å²) in [6.07, 6.45) is 4.46. The SMILES string of the molecule is C=CC(=O)Nc1ccc(-c2cnc3[nH]cc(C(=O)NC(C)C)c3n2)cc1. The average molecular weight is 349 g/mol. The van der Waals surface area contributed by atoms with E-state index in [1.165, 1.54) is 6.08 Å². The smallest absolute Gasteiger partial charge is 0.255 e. The zero-order valence-electron chi connectivity index (χ0n) is 14.5. The maximum Gasteiger partial charge on any atom is 0.255 e. The Morgan fingerprint density at radius 3 is 2.62 bits per heavy atom. The van der Waals surface area contributed by atoms with Gasteiger partial charge in [0.1, 0.15) is 5.52 Å². The summed E-state index contributed by atoms with van der Waals surface area (Å²) in [5.74, 6) is -0.465. The third-order valence-corrected chi connectivity index (χ3v) is 3.68. The number of H-pyrrole nitrogens is 1. The molecule has 0 fully saturated rings. The van der Waals surface area contributed by atoms with Crippen LogP contribution in [0.5, 0.6) is 0 Å². The molecule has 0 aliphatic rings. The number of rotatable bonds is 5. The Kier molecular flexibility index (Phi) is 4.79. The lowest BCUT2D eigenvalue weighted by Gasteiger charge is -2.07. The van der Waals surface area contributed by atoms with Gasteiger partial charge < -0.3 is 15.6 Å². The van der Waals surface area contributed by atoms with E-state index >= 15 is 0 Å². The highest BCUT2D eigenvalue weighted by Gasteiger charge is 2.15. The lowest BCUT2D eigenvalue weighted by Crippen LogP contribution is -2.29. The van der Waals surface area contributed by atoms with Gasteiger partial charge in [-0.25, -0.2) is 9.97 Å². The van der Waals surface area contributed by atoms with E-state index in [1.807, 2.05) is 26.0 Å². The lowest BCUT2D eigenvalue weighted by atomic mass is 10.1. The Hall–Kier alpha value is -3.48. The summed E-state index contributed by atoms with van der Waals surface area (Å²) in [6.45, 7) is 7.22. The molecular formula is C19H19N5O2. The second-order valence-corrected chi connectivity index (χ2v) is 6.05. The van der Waals surface area contributed by atoms with Gasteiger partial charge in [-0.2, -0.15) is 0 Å². The fourth-order valence-corrected chi connectivity index (χ4v) is 2.46. The maximum atomic E-state index is 12.3. The number of hydrogen-bond acceptors (Lipinski definition) is 4. The minimum atomic E-state index is -0.271. The van der Waals surface area contributed by atoms with Crippen molar-refractivity contribution in [1.82, 2.24) is 20.3 Å². The number of carbonyl (C=O) groups is 2. The van der Waals surface area contributed by atoms with Crippen molar-refractivity contribution in [2.75, 3.05) is 5.32 Å². The first-order valence-electron chi connectivity index (χ1n) is 8.16. The predicted octanol–water partition coefficient (Wildman–Crippen LogP) is 2.89. The molecule has 3 rings (SSSR count). The first kappa shape index (κ1) is 17.3. The van der Waals surface area contributed by atoms with Crippen molar-refractivity contribution in [1.29, 1.82) is 0 Å². The van der Waals surface area contributed by atoms with Crippen LogP contribution in [0.1, 0.15) is 24.2 Å². The van der Waals surface area contributed by atoms with Crippen LogP contribution >= 0.6 is 0 Å². The minimum absolute atomic E-state index is 0.0295. The van der Waals surface area contributed by atoms with Crippen LogP contribution in [0, 0.1) is 0 Å². The first-order chi connectivity index (χ1) is 12.5. The molecular weight excluding hydrogens is 330 g/mol. The van der Waals surface area contributed by atoms with Gasteiger partial charge in [-0.3, -0.25) is 9.59 Å². The standard InChI is InChI=1S/C19H19N5O2/c1-4-16(25)23-13-7-5-12(6-8-13)15-10-21-18-17(24-15)14(9-20-18)19(26)22-11(2)3/h4-11H,1H2,2-3H3,(H,20,21)(H,22,26)(H,23,25). The lowest BCUT2D eigenvalue weighted by molar-refractivity contribution is -0.111. The number of benzene rings is 1. The van der Waals surface area contributed by atoms with E-state index in [0.717, 1.165) is 5.56 Å². The molecule has 0 aliphatic heterocycles. The summed E-state index contributed by atoms with van der Waals surface area (Å²) >= 11 is 0. The van der Waals surface area contributed by atoms with Crippen LogP contribution in [0.25, 0.3) is 22.4 Å². The Bertz CT molecular complexity index is 973. The van der Waals surface area contributed by atoms with Gasteiger partial charge >= 0.3 is 0 Å². The molecule has 2 amide bonds. The van der Waals surface area contributed by atoms with Gasteiger partial charge in [0.15, 0.2) is 5.65 Å². The Morgan fingerprint density at radius 2 is 1.96 bits per heavy atom. The van der Waals surface area contributed by atoms with Gasteiger partial charge in [-0.15, -0.1) is 0 Å². The predicted molar refractivity (Wildman–Crippen MR) is 101 cm³/mol. The third-order valence-electron chi connectivity index (χ3n) is 3.68. The molecule has 3 N–H and O–H groups in total. The zero-order chi connectivity index (χ0) is 18.7. The highest BCUT2D eigenvalue weighted by molar-refractivity contribution is 6.04. The van der Waals surface area contributed by atoms with E-state index in [1.54, 1.807) is 24.5 Å². The molecule has 2 aromatic heterocycles. The Labute approximate surface area is 150 Å². The molecule has 0 unspecified atom stereocenters. The molecule has 0 saturated heterocycles. The number of amides is 2. The average Bonchev–Trinajstić information content (AvgIpc) is 3.05. The Morgan fingerprint density at radius 1 is 1.23 bits per heavy atom. The Balaban J connectivity index is 1.92. The molecule has 7 nitrogen and oxygen atoms in total. The van der Waals surface area contributed by atoms with Crippen LogP contribution < -0.4 is 10.6 Å². The van der Waals surface area contributed by atoms with Crippen molar-refractivity contribution in [2.24, 2.45) is 0 Å². The maximum absolute atomic E-state index is 12.3. The number of fused-ring (bicyclic) bond motifs is 1. The van der Waals surface area contributed by atoms with E-state index in [9.17, 15) is 9.59 Å². The van der Waals surface area contributed by atoms with Gasteiger partial charge in [-0.1, -0.05) is 18.7 Å². The van der Waals surface area contributed by atoms with E-state index in [4.69, 9.17) is 0 Å². The van der Waals surface area contributed by atoms with E-state index in [2.05, 4.69) is 32.2 Å². The number of nitrogens with one attached hydrogen (secondary N) is 3. The van der Waals surface area contributed by atoms with Crippen LogP contribution in [-0.4, -0.2) is 32.8 Å². The molecule has 0 aliphatic carbocycles. The van der Waals surface area contributed by atoms with Crippen molar-refractivity contribution in [3.8, 4) is 11.3 Å². The van der Waals surface area contributed by atoms with Crippen LogP contribution in [0.2, 0.25) is 0 Å². The van der Waals surface area contributed by atoms with Crippen LogP contribution in [0.3, 0.4) is 0 Å². The summed E-state index contributed by atoms with van der Waals surface area (Å²) < 4.78 is 0. The summed E-state index contributed by atoms with van der Waals surface area (Å²) in [5.41, 5.74) is 3.65. The molecule has 0 saturated carbocycles.